The molecule has 136 valence electrons. The maximum atomic E-state index is 13.1. The van der Waals surface area contributed by atoms with Crippen LogP contribution in [-0.4, -0.2) is 50.3 Å². The summed E-state index contributed by atoms with van der Waals surface area (Å²) in [6, 6.07) is 0.388. The lowest BCUT2D eigenvalue weighted by atomic mass is 9.83. The fraction of sp³-hybridized carbons (Fsp3) is 0.737. The summed E-state index contributed by atoms with van der Waals surface area (Å²) in [6.45, 7) is 2.09. The first-order valence-corrected chi connectivity index (χ1v) is 9.69. The Kier molecular flexibility index (Phi) is 4.52. The number of piperidine rings is 1. The van der Waals surface area contributed by atoms with Gasteiger partial charge in [-0.15, -0.1) is 0 Å². The highest BCUT2D eigenvalue weighted by atomic mass is 16.2. The number of carbonyl (C=O) groups is 2. The number of nitrogens with zero attached hydrogens (tertiary/aromatic N) is 4. The molecular weight excluding hydrogens is 316 g/mol. The van der Waals surface area contributed by atoms with Crippen LogP contribution in [0.2, 0.25) is 0 Å². The Morgan fingerprint density at radius 3 is 2.36 bits per heavy atom. The first kappa shape index (κ1) is 16.6. The zero-order valence-corrected chi connectivity index (χ0v) is 15.1. The third-order valence-electron chi connectivity index (χ3n) is 6.11. The molecule has 25 heavy (non-hydrogen) atoms. The molecule has 0 atom stereocenters. The Bertz CT molecular complexity index is 640. The number of likely N-dealkylation sites (tertiary alicyclic amines) is 1. The predicted octanol–water partition coefficient (Wildman–Crippen LogP) is 1.95. The number of carbonyl (C=O) groups excluding carboxylic acids is 2. The summed E-state index contributed by atoms with van der Waals surface area (Å²) >= 11 is 0. The first-order valence-electron chi connectivity index (χ1n) is 9.69. The van der Waals surface area contributed by atoms with Crippen LogP contribution in [0.3, 0.4) is 0 Å². The maximum Gasteiger partial charge on any atom is 0.226 e. The van der Waals surface area contributed by atoms with Gasteiger partial charge in [-0.3, -0.25) is 9.59 Å². The number of hydrogen-bond donors (Lipinski definition) is 0. The summed E-state index contributed by atoms with van der Waals surface area (Å²) in [5.74, 6) is 1.85. The molecule has 3 fully saturated rings. The highest BCUT2D eigenvalue weighted by molar-refractivity contribution is 5.82. The predicted molar refractivity (Wildman–Crippen MR) is 93.4 cm³/mol. The number of aryl methyl sites for hydroxylation is 1. The lowest BCUT2D eigenvalue weighted by Gasteiger charge is -2.37. The van der Waals surface area contributed by atoms with E-state index in [9.17, 15) is 9.59 Å². The van der Waals surface area contributed by atoms with E-state index in [2.05, 4.69) is 4.98 Å². The van der Waals surface area contributed by atoms with Gasteiger partial charge in [0.15, 0.2) is 0 Å². The highest BCUT2D eigenvalue weighted by Gasteiger charge is 2.39. The first-order chi connectivity index (χ1) is 12.1. The lowest BCUT2D eigenvalue weighted by Crippen LogP contribution is -2.47. The van der Waals surface area contributed by atoms with Crippen LogP contribution >= 0.6 is 0 Å². The Morgan fingerprint density at radius 2 is 1.84 bits per heavy atom. The van der Waals surface area contributed by atoms with Crippen LogP contribution in [0.25, 0.3) is 0 Å². The summed E-state index contributed by atoms with van der Waals surface area (Å²) in [5, 5.41) is 0. The molecule has 3 aliphatic rings. The van der Waals surface area contributed by atoms with Crippen molar-refractivity contribution >= 4 is 11.8 Å². The maximum absolute atomic E-state index is 13.1. The monoisotopic (exact) mass is 344 g/mol. The topological polar surface area (TPSA) is 58.4 Å². The van der Waals surface area contributed by atoms with E-state index in [1.807, 2.05) is 27.6 Å². The fourth-order valence-corrected chi connectivity index (χ4v) is 3.97. The third-order valence-corrected chi connectivity index (χ3v) is 6.11. The summed E-state index contributed by atoms with van der Waals surface area (Å²) in [6.07, 6.45) is 10.8. The molecule has 0 bridgehead atoms. The molecule has 6 heteroatoms. The molecular formula is C19H28N4O2. The van der Waals surface area contributed by atoms with Gasteiger partial charge < -0.3 is 14.4 Å². The van der Waals surface area contributed by atoms with Crippen molar-refractivity contribution in [3.05, 3.63) is 18.2 Å². The van der Waals surface area contributed by atoms with Crippen LogP contribution in [0, 0.1) is 11.8 Å². The van der Waals surface area contributed by atoms with Gasteiger partial charge in [-0.05, 0) is 38.5 Å². The van der Waals surface area contributed by atoms with E-state index in [1.165, 1.54) is 6.42 Å². The van der Waals surface area contributed by atoms with Crippen LogP contribution < -0.4 is 0 Å². The Balaban J connectivity index is 1.35. The molecule has 0 N–H and O–H groups in total. The normalized spacial score (nSPS) is 21.9. The van der Waals surface area contributed by atoms with Gasteiger partial charge >= 0.3 is 0 Å². The van der Waals surface area contributed by atoms with Crippen LogP contribution in [0.4, 0.5) is 0 Å². The molecule has 0 aromatic carbocycles. The van der Waals surface area contributed by atoms with Gasteiger partial charge in [0.1, 0.15) is 5.82 Å². The number of rotatable bonds is 5. The molecule has 0 unspecified atom stereocenters. The van der Waals surface area contributed by atoms with Gasteiger partial charge in [0, 0.05) is 50.4 Å². The molecule has 0 radical (unpaired) electrons. The Hall–Kier alpha value is -1.85. The van der Waals surface area contributed by atoms with Crippen molar-refractivity contribution in [3.8, 4) is 0 Å². The molecule has 2 aliphatic carbocycles. The van der Waals surface area contributed by atoms with Gasteiger partial charge in [-0.1, -0.05) is 6.42 Å². The molecule has 1 aromatic heterocycles. The average molecular weight is 344 g/mol. The van der Waals surface area contributed by atoms with Gasteiger partial charge in [0.2, 0.25) is 11.8 Å². The smallest absolute Gasteiger partial charge is 0.226 e. The van der Waals surface area contributed by atoms with E-state index < -0.39 is 0 Å². The van der Waals surface area contributed by atoms with Gasteiger partial charge in [0.25, 0.3) is 0 Å². The molecule has 6 nitrogen and oxygen atoms in total. The molecule has 2 heterocycles. The minimum atomic E-state index is 0.0614. The number of imidazole rings is 1. The fourth-order valence-electron chi connectivity index (χ4n) is 3.97. The average Bonchev–Trinajstić information content (AvgIpc) is 3.33. The van der Waals surface area contributed by atoms with Gasteiger partial charge in [-0.25, -0.2) is 4.98 Å². The van der Waals surface area contributed by atoms with Gasteiger partial charge in [-0.2, -0.15) is 0 Å². The van der Waals surface area contributed by atoms with Crippen molar-refractivity contribution in [3.63, 3.8) is 0 Å². The summed E-state index contributed by atoms with van der Waals surface area (Å²) in [7, 11) is 1.97. The van der Waals surface area contributed by atoms with Crippen LogP contribution in [0.5, 0.6) is 0 Å². The quantitative estimate of drug-likeness (QED) is 0.820. The molecule has 1 saturated heterocycles. The second-order valence-electron chi connectivity index (χ2n) is 7.88. The van der Waals surface area contributed by atoms with E-state index in [4.69, 9.17) is 0 Å². The number of amides is 2. The second kappa shape index (κ2) is 6.81. The second-order valence-corrected chi connectivity index (χ2v) is 7.88. The van der Waals surface area contributed by atoms with Crippen molar-refractivity contribution in [2.45, 2.75) is 57.5 Å². The van der Waals surface area contributed by atoms with E-state index in [0.29, 0.717) is 18.5 Å². The van der Waals surface area contributed by atoms with Crippen LogP contribution in [-0.2, 0) is 23.2 Å². The standard InChI is InChI=1S/C19H28N4O2/c1-21-12-9-20-17(21)13-23(16-5-6-16)19(25)15-7-10-22(11-8-15)18(24)14-3-2-4-14/h9,12,14-16H,2-8,10-11,13H2,1H3. The van der Waals surface area contributed by atoms with Gasteiger partial charge in [0.05, 0.1) is 6.54 Å². The van der Waals surface area contributed by atoms with E-state index >= 15 is 0 Å². The van der Waals surface area contributed by atoms with Crippen LogP contribution in [0.1, 0.15) is 50.8 Å². The molecule has 2 saturated carbocycles. The third kappa shape index (κ3) is 3.44. The minimum Gasteiger partial charge on any atom is -0.342 e. The van der Waals surface area contributed by atoms with Crippen molar-refractivity contribution < 1.29 is 9.59 Å². The van der Waals surface area contributed by atoms with Crippen molar-refractivity contribution in [2.24, 2.45) is 18.9 Å². The summed E-state index contributed by atoms with van der Waals surface area (Å²) < 4.78 is 1.99. The summed E-state index contributed by atoms with van der Waals surface area (Å²) in [5.41, 5.74) is 0. The van der Waals surface area contributed by atoms with Crippen LogP contribution in [0.15, 0.2) is 12.4 Å². The van der Waals surface area contributed by atoms with Crippen molar-refractivity contribution in [1.29, 1.82) is 0 Å². The number of hydrogen-bond acceptors (Lipinski definition) is 3. The van der Waals surface area contributed by atoms with Crippen molar-refractivity contribution in [2.75, 3.05) is 13.1 Å². The summed E-state index contributed by atoms with van der Waals surface area (Å²) in [4.78, 5) is 33.9. The zero-order chi connectivity index (χ0) is 17.4. The van der Waals surface area contributed by atoms with E-state index in [1.54, 1.807) is 6.20 Å². The molecule has 1 aromatic rings. The molecule has 2 amide bonds. The number of aromatic nitrogens is 2. The van der Waals surface area contributed by atoms with E-state index in [0.717, 1.165) is 57.4 Å². The Labute approximate surface area is 149 Å². The zero-order valence-electron chi connectivity index (χ0n) is 15.1. The minimum absolute atomic E-state index is 0.0614. The lowest BCUT2D eigenvalue weighted by molar-refractivity contribution is -0.144. The van der Waals surface area contributed by atoms with Crippen molar-refractivity contribution in [1.82, 2.24) is 19.4 Å². The molecule has 4 rings (SSSR count). The van der Waals surface area contributed by atoms with E-state index in [-0.39, 0.29) is 17.7 Å². The largest absolute Gasteiger partial charge is 0.342 e. The molecule has 0 spiro atoms. The Morgan fingerprint density at radius 1 is 1.12 bits per heavy atom. The molecule has 1 aliphatic heterocycles. The highest BCUT2D eigenvalue weighted by Crippen LogP contribution is 2.33. The SMILES string of the molecule is Cn1ccnc1CN(C(=O)C1CCN(C(=O)C2CCC2)CC1)C1CC1.